The second kappa shape index (κ2) is 10.8. The van der Waals surface area contributed by atoms with E-state index in [2.05, 4.69) is 20.6 Å². The molecule has 1 unspecified atom stereocenters. The van der Waals surface area contributed by atoms with Crippen LogP contribution < -0.4 is 15.5 Å². The van der Waals surface area contributed by atoms with Crippen molar-refractivity contribution in [3.05, 3.63) is 71.7 Å². The molecule has 10 heteroatoms. The molecule has 0 saturated carbocycles. The highest BCUT2D eigenvalue weighted by Crippen LogP contribution is 2.33. The molecule has 1 saturated heterocycles. The van der Waals surface area contributed by atoms with E-state index < -0.39 is 18.0 Å². The van der Waals surface area contributed by atoms with Gasteiger partial charge in [0.05, 0.1) is 12.0 Å². The normalized spacial score (nSPS) is 17.6. The average Bonchev–Trinajstić information content (AvgIpc) is 3.33. The number of likely N-dealkylation sites (N-methyl/N-ethyl adjacent to an activating group) is 1. The maximum atomic E-state index is 13.7. The first-order valence-electron chi connectivity index (χ1n) is 12.3. The summed E-state index contributed by atoms with van der Waals surface area (Å²) in [6.07, 6.45) is 4.27. The summed E-state index contributed by atoms with van der Waals surface area (Å²) in [5.41, 5.74) is 2.59. The predicted octanol–water partition coefficient (Wildman–Crippen LogP) is 3.06. The molecule has 3 atom stereocenters. The van der Waals surface area contributed by atoms with Crippen molar-refractivity contribution < 1.29 is 14.4 Å². The lowest BCUT2D eigenvalue weighted by atomic mass is 9.81. The van der Waals surface area contributed by atoms with Crippen LogP contribution in [0.15, 0.2) is 54.9 Å². The van der Waals surface area contributed by atoms with Crippen molar-refractivity contribution >= 4 is 29.6 Å². The molecular formula is C27H33N7O3. The first-order valence-corrected chi connectivity index (χ1v) is 12.3. The summed E-state index contributed by atoms with van der Waals surface area (Å²) in [4.78, 5) is 51.6. The molecule has 3 aromatic rings. The summed E-state index contributed by atoms with van der Waals surface area (Å²) in [5, 5.41) is 5.97. The van der Waals surface area contributed by atoms with Crippen molar-refractivity contribution in [1.29, 1.82) is 0 Å². The van der Waals surface area contributed by atoms with Crippen molar-refractivity contribution in [2.75, 3.05) is 24.3 Å². The Morgan fingerprint density at radius 2 is 1.92 bits per heavy atom. The van der Waals surface area contributed by atoms with Gasteiger partial charge in [0.1, 0.15) is 11.9 Å². The van der Waals surface area contributed by atoms with Gasteiger partial charge in [-0.25, -0.2) is 14.8 Å². The number of amides is 4. The minimum atomic E-state index is -0.964. The Labute approximate surface area is 216 Å². The third kappa shape index (κ3) is 5.18. The van der Waals surface area contributed by atoms with Gasteiger partial charge in [0.25, 0.3) is 5.91 Å². The van der Waals surface area contributed by atoms with Crippen LogP contribution in [-0.2, 0) is 23.1 Å². The molecule has 4 amide bonds. The minimum Gasteiger partial charge on any atom is -0.373 e. The van der Waals surface area contributed by atoms with Gasteiger partial charge in [0, 0.05) is 39.2 Å². The highest BCUT2D eigenvalue weighted by atomic mass is 16.2. The number of nitrogens with zero attached hydrogens (tertiary/aromatic N) is 5. The van der Waals surface area contributed by atoms with E-state index in [9.17, 15) is 14.4 Å². The summed E-state index contributed by atoms with van der Waals surface area (Å²) < 4.78 is 1.71. The highest BCUT2D eigenvalue weighted by Gasteiger charge is 2.55. The van der Waals surface area contributed by atoms with E-state index in [1.165, 1.54) is 4.90 Å². The number of pyridine rings is 1. The molecule has 194 valence electrons. The molecule has 2 aromatic heterocycles. The van der Waals surface area contributed by atoms with Gasteiger partial charge < -0.3 is 15.2 Å². The lowest BCUT2D eigenvalue weighted by Gasteiger charge is -2.45. The van der Waals surface area contributed by atoms with Gasteiger partial charge in [-0.05, 0) is 43.0 Å². The highest BCUT2D eigenvalue weighted by molar-refractivity contribution is 6.12. The number of urea groups is 1. The number of imidazole rings is 1. The summed E-state index contributed by atoms with van der Waals surface area (Å²) in [6.45, 7) is 3.83. The SMILES string of the molecule is CCC(NC(=O)N1C(=O)[C@H](Cc2cc(C)nc(NC)c2)[C@H]1C(=O)N(C)c1nccn1C)c1ccccc1. The van der Waals surface area contributed by atoms with E-state index >= 15 is 0 Å². The summed E-state index contributed by atoms with van der Waals surface area (Å²) in [7, 11) is 5.16. The maximum absolute atomic E-state index is 13.7. The third-order valence-electron chi connectivity index (χ3n) is 6.74. The number of carbonyl (C=O) groups excluding carboxylic acids is 3. The second-order valence-electron chi connectivity index (χ2n) is 9.27. The Morgan fingerprint density at radius 3 is 2.54 bits per heavy atom. The topological polar surface area (TPSA) is 112 Å². The molecule has 10 nitrogen and oxygen atoms in total. The number of aryl methyl sites for hydroxylation is 2. The van der Waals surface area contributed by atoms with Crippen molar-refractivity contribution in [3.63, 3.8) is 0 Å². The Balaban J connectivity index is 1.62. The molecule has 0 radical (unpaired) electrons. The quantitative estimate of drug-likeness (QED) is 0.457. The molecule has 3 heterocycles. The molecule has 1 aliphatic heterocycles. The van der Waals surface area contributed by atoms with Gasteiger partial charge in [-0.1, -0.05) is 37.3 Å². The standard InChI is InChI=1S/C27H33N7O3/c1-6-21(19-10-8-7-9-11-19)31-27(37)34-23(25(36)33(5)26-29-12-13-32(26)4)20(24(34)35)15-18-14-17(2)30-22(16-18)28-3/h7-14,16,20-21,23H,6,15H2,1-5H3,(H,28,30)(H,31,37)/t20-,21?,23+/m1/s1. The smallest absolute Gasteiger partial charge is 0.325 e. The first-order chi connectivity index (χ1) is 17.7. The van der Waals surface area contributed by atoms with Gasteiger partial charge in [0.2, 0.25) is 11.9 Å². The number of nitrogens with one attached hydrogen (secondary N) is 2. The van der Waals surface area contributed by atoms with E-state index in [0.717, 1.165) is 21.7 Å². The van der Waals surface area contributed by atoms with Gasteiger partial charge in [-0.15, -0.1) is 0 Å². The van der Waals surface area contributed by atoms with Crippen LogP contribution in [0.3, 0.4) is 0 Å². The third-order valence-corrected chi connectivity index (χ3v) is 6.74. The van der Waals surface area contributed by atoms with Gasteiger partial charge in [0.15, 0.2) is 0 Å². The van der Waals surface area contributed by atoms with Crippen LogP contribution in [-0.4, -0.2) is 57.4 Å². The van der Waals surface area contributed by atoms with E-state index in [4.69, 9.17) is 0 Å². The second-order valence-corrected chi connectivity index (χ2v) is 9.27. The largest absolute Gasteiger partial charge is 0.373 e. The van der Waals surface area contributed by atoms with Crippen LogP contribution in [0.5, 0.6) is 0 Å². The predicted molar refractivity (Wildman–Crippen MR) is 141 cm³/mol. The average molecular weight is 504 g/mol. The lowest BCUT2D eigenvalue weighted by Crippen LogP contribution is -2.70. The number of carbonyl (C=O) groups is 3. The van der Waals surface area contributed by atoms with Crippen molar-refractivity contribution in [1.82, 2.24) is 24.8 Å². The van der Waals surface area contributed by atoms with Crippen LogP contribution in [0.25, 0.3) is 0 Å². The number of β-lactam (4-membered cyclic amide) rings is 1. The minimum absolute atomic E-state index is 0.287. The van der Waals surface area contributed by atoms with Crippen LogP contribution in [0.2, 0.25) is 0 Å². The van der Waals surface area contributed by atoms with E-state index in [0.29, 0.717) is 24.6 Å². The molecule has 0 aliphatic carbocycles. The Morgan fingerprint density at radius 1 is 1.19 bits per heavy atom. The Kier molecular flexibility index (Phi) is 7.56. The van der Waals surface area contributed by atoms with Gasteiger partial charge in [-0.2, -0.15) is 0 Å². The molecule has 0 spiro atoms. The number of hydrogen-bond donors (Lipinski definition) is 2. The number of imide groups is 1. The van der Waals surface area contributed by atoms with Crippen molar-refractivity contribution in [2.45, 2.75) is 38.8 Å². The zero-order valence-electron chi connectivity index (χ0n) is 21.8. The molecule has 4 rings (SSSR count). The van der Waals surface area contributed by atoms with E-state index in [1.54, 1.807) is 38.1 Å². The van der Waals surface area contributed by atoms with Crippen LogP contribution in [0.1, 0.15) is 36.2 Å². The summed E-state index contributed by atoms with van der Waals surface area (Å²) in [5.74, 6) is -0.340. The lowest BCUT2D eigenvalue weighted by molar-refractivity contribution is -0.156. The maximum Gasteiger partial charge on any atom is 0.325 e. The van der Waals surface area contributed by atoms with Crippen molar-refractivity contribution in [2.24, 2.45) is 13.0 Å². The van der Waals surface area contributed by atoms with E-state index in [-0.39, 0.29) is 17.9 Å². The van der Waals surface area contributed by atoms with Crippen LogP contribution >= 0.6 is 0 Å². The fraction of sp³-hybridized carbons (Fsp3) is 0.370. The monoisotopic (exact) mass is 503 g/mol. The summed E-state index contributed by atoms with van der Waals surface area (Å²) in [6, 6.07) is 11.5. The molecule has 37 heavy (non-hydrogen) atoms. The summed E-state index contributed by atoms with van der Waals surface area (Å²) >= 11 is 0. The van der Waals surface area contributed by atoms with E-state index in [1.807, 2.05) is 56.3 Å². The molecule has 0 bridgehead atoms. The number of anilines is 2. The molecule has 1 fully saturated rings. The van der Waals surface area contributed by atoms with Crippen LogP contribution in [0.4, 0.5) is 16.6 Å². The number of benzene rings is 1. The zero-order valence-corrected chi connectivity index (χ0v) is 21.8. The number of likely N-dealkylation sites (tertiary alicyclic amines) is 1. The fourth-order valence-corrected chi connectivity index (χ4v) is 4.80. The number of aromatic nitrogens is 3. The molecule has 2 N–H and O–H groups in total. The fourth-order valence-electron chi connectivity index (χ4n) is 4.80. The molecular weight excluding hydrogens is 470 g/mol. The molecule has 1 aliphatic rings. The van der Waals surface area contributed by atoms with Gasteiger partial charge >= 0.3 is 6.03 Å². The molecule has 1 aromatic carbocycles. The Hall–Kier alpha value is -4.21. The number of rotatable bonds is 8. The first kappa shape index (κ1) is 25.9. The number of hydrogen-bond acceptors (Lipinski definition) is 6. The van der Waals surface area contributed by atoms with Crippen LogP contribution in [0, 0.1) is 12.8 Å². The van der Waals surface area contributed by atoms with Crippen molar-refractivity contribution in [3.8, 4) is 0 Å². The van der Waals surface area contributed by atoms with Gasteiger partial charge in [-0.3, -0.25) is 19.4 Å². The zero-order chi connectivity index (χ0) is 26.7. The Bertz CT molecular complexity index is 1290.